The van der Waals surface area contributed by atoms with E-state index in [0.717, 1.165) is 10.4 Å². The van der Waals surface area contributed by atoms with Crippen molar-refractivity contribution in [1.82, 2.24) is 14.5 Å². The van der Waals surface area contributed by atoms with Crippen LogP contribution in [0.5, 0.6) is 0 Å². The summed E-state index contributed by atoms with van der Waals surface area (Å²) in [5.41, 5.74) is -0.522. The molecular formula is C22H20BClF3N6O4S. The van der Waals surface area contributed by atoms with Crippen molar-refractivity contribution in [2.75, 3.05) is 36.0 Å². The molecule has 1 amide bonds. The molecule has 1 aromatic carbocycles. The zero-order chi connectivity index (χ0) is 27.7. The molecule has 0 spiro atoms. The molecule has 0 aliphatic carbocycles. The summed E-state index contributed by atoms with van der Waals surface area (Å²) in [7, 11) is -2.93. The molecule has 1 aromatic heterocycles. The molecule has 10 nitrogen and oxygen atoms in total. The molecule has 4 rings (SSSR count). The quantitative estimate of drug-likeness (QED) is 0.236. The Balaban J connectivity index is 1.50. The van der Waals surface area contributed by atoms with Crippen LogP contribution < -0.4 is 15.0 Å². The van der Waals surface area contributed by atoms with Crippen LogP contribution in [0.3, 0.4) is 0 Å². The van der Waals surface area contributed by atoms with E-state index in [0.29, 0.717) is 24.5 Å². The van der Waals surface area contributed by atoms with E-state index in [1.54, 1.807) is 0 Å². The Morgan fingerprint density at radius 2 is 1.89 bits per heavy atom. The van der Waals surface area contributed by atoms with E-state index >= 15 is 0 Å². The number of benzene rings is 1. The van der Waals surface area contributed by atoms with Crippen molar-refractivity contribution >= 4 is 52.6 Å². The lowest BCUT2D eigenvalue weighted by molar-refractivity contribution is -0.137. The second-order valence-corrected chi connectivity index (χ2v) is 10.9. The van der Waals surface area contributed by atoms with Gasteiger partial charge in [-0.3, -0.25) is 9.64 Å². The summed E-state index contributed by atoms with van der Waals surface area (Å²) < 4.78 is 67.3. The van der Waals surface area contributed by atoms with Gasteiger partial charge in [-0.2, -0.15) is 13.2 Å². The second kappa shape index (κ2) is 10.9. The first-order valence-electron chi connectivity index (χ1n) is 11.3. The summed E-state index contributed by atoms with van der Waals surface area (Å²) in [6.07, 6.45) is -5.12. The zero-order valence-electron chi connectivity index (χ0n) is 19.6. The number of nitrogens with zero attached hydrogens (tertiary/aromatic N) is 5. The normalized spacial score (nSPS) is 20.9. The molecule has 16 heteroatoms. The van der Waals surface area contributed by atoms with Crippen LogP contribution in [0.1, 0.15) is 12.0 Å². The third kappa shape index (κ3) is 5.78. The highest BCUT2D eigenvalue weighted by atomic mass is 35.5. The number of rotatable bonds is 7. The molecule has 1 N–H and O–H groups in total. The maximum Gasteiger partial charge on any atom is 0.416 e. The van der Waals surface area contributed by atoms with E-state index in [1.807, 2.05) is 0 Å². The lowest BCUT2D eigenvalue weighted by Gasteiger charge is -2.35. The minimum atomic E-state index is -4.65. The molecule has 2 unspecified atom stereocenters. The molecule has 2 aliphatic rings. The molecule has 0 bridgehead atoms. The van der Waals surface area contributed by atoms with Gasteiger partial charge in [-0.15, -0.1) is 4.31 Å². The highest BCUT2D eigenvalue weighted by Crippen LogP contribution is 2.34. The topological polar surface area (TPSA) is 107 Å². The van der Waals surface area contributed by atoms with Crippen LogP contribution in [0.4, 0.5) is 24.7 Å². The van der Waals surface area contributed by atoms with Gasteiger partial charge in [0, 0.05) is 37.8 Å². The number of sulfonamides is 1. The standard InChI is InChI=1S/C22H20BClF3N6O4S/c1-28-20-12-31(19-9-14(22(25,26)27)8-18(24)29-19)6-7-33(20)38(36,37)17-4-2-16(3-5-17)32-11-15(10-21(32)35)30-23-13-34/h2-5,8-9,13,15,20,30H,6-7,10-12H2. The van der Waals surface area contributed by atoms with E-state index in [9.17, 15) is 31.2 Å². The van der Waals surface area contributed by atoms with Gasteiger partial charge in [0.2, 0.25) is 15.9 Å². The molecule has 199 valence electrons. The Morgan fingerprint density at radius 3 is 2.53 bits per heavy atom. The zero-order valence-corrected chi connectivity index (χ0v) is 21.2. The number of nitrogens with one attached hydrogen (secondary N) is 1. The highest BCUT2D eigenvalue weighted by Gasteiger charge is 2.41. The molecule has 2 aromatic rings. The maximum atomic E-state index is 13.4. The Bertz CT molecular complexity index is 1370. The summed E-state index contributed by atoms with van der Waals surface area (Å²) in [5, 5.41) is 2.45. The predicted octanol–water partition coefficient (Wildman–Crippen LogP) is 2.01. The van der Waals surface area contributed by atoms with Crippen LogP contribution >= 0.6 is 11.6 Å². The van der Waals surface area contributed by atoms with Gasteiger partial charge in [0.1, 0.15) is 17.5 Å². The average molecular weight is 568 g/mol. The molecule has 3 heterocycles. The number of aromatic nitrogens is 1. The molecule has 2 atom stereocenters. The van der Waals surface area contributed by atoms with E-state index < -0.39 is 27.9 Å². The molecule has 0 saturated carbocycles. The van der Waals surface area contributed by atoms with Gasteiger partial charge in [-0.1, -0.05) is 11.6 Å². The monoisotopic (exact) mass is 567 g/mol. The third-order valence-corrected chi connectivity index (χ3v) is 8.27. The van der Waals surface area contributed by atoms with Gasteiger partial charge in [-0.05, 0) is 36.4 Å². The maximum absolute atomic E-state index is 13.4. The minimum Gasteiger partial charge on any atom is -0.349 e. The summed E-state index contributed by atoms with van der Waals surface area (Å²) in [6, 6.07) is 6.87. The number of anilines is 2. The Morgan fingerprint density at radius 1 is 1.18 bits per heavy atom. The number of halogens is 4. The number of carbonyl (C=O) groups excluding carboxylic acids is 2. The number of amides is 1. The molecule has 2 fully saturated rings. The first kappa shape index (κ1) is 27.8. The second-order valence-electron chi connectivity index (χ2n) is 8.57. The fourth-order valence-electron chi connectivity index (χ4n) is 4.33. The van der Waals surface area contributed by atoms with Crippen molar-refractivity contribution in [2.24, 2.45) is 0 Å². The first-order chi connectivity index (χ1) is 17.9. The number of hydrogen-bond acceptors (Lipinski definition) is 7. The van der Waals surface area contributed by atoms with E-state index in [1.165, 1.54) is 41.5 Å². The number of piperazine rings is 1. The Kier molecular flexibility index (Phi) is 7.98. The lowest BCUT2D eigenvalue weighted by Crippen LogP contribution is -2.54. The number of alkyl halides is 3. The minimum absolute atomic E-state index is 0.0115. The van der Waals surface area contributed by atoms with Gasteiger partial charge in [-0.25, -0.2) is 20.0 Å². The number of carbonyl (C=O) groups is 2. The van der Waals surface area contributed by atoms with Crippen molar-refractivity contribution in [3.8, 4) is 0 Å². The molecule has 1 radical (unpaired) electrons. The van der Waals surface area contributed by atoms with Crippen molar-refractivity contribution in [3.63, 3.8) is 0 Å². The van der Waals surface area contributed by atoms with Crippen LogP contribution in [0, 0.1) is 6.57 Å². The van der Waals surface area contributed by atoms with E-state index in [-0.39, 0.29) is 53.9 Å². The fraction of sp³-hybridized carbons (Fsp3) is 0.364. The number of pyridine rings is 1. The molecule has 2 aliphatic heterocycles. The molecular weight excluding hydrogens is 548 g/mol. The fourth-order valence-corrected chi connectivity index (χ4v) is 6.04. The Labute approximate surface area is 222 Å². The van der Waals surface area contributed by atoms with Crippen LogP contribution in [0.25, 0.3) is 4.85 Å². The van der Waals surface area contributed by atoms with Gasteiger partial charge < -0.3 is 19.8 Å². The lowest BCUT2D eigenvalue weighted by atomic mass is 9.96. The SMILES string of the molecule is [C-]#[N+]C1CN(c2cc(C(F)(F)F)cc(Cl)n2)CCN1S(=O)(=O)c1ccc(N2CC(N[B]C=O)CC2=O)cc1. The summed E-state index contributed by atoms with van der Waals surface area (Å²) in [6.45, 7) is 7.44. The predicted molar refractivity (Wildman–Crippen MR) is 134 cm³/mol. The molecule has 38 heavy (non-hydrogen) atoms. The van der Waals surface area contributed by atoms with Crippen molar-refractivity contribution in [1.29, 1.82) is 0 Å². The largest absolute Gasteiger partial charge is 0.416 e. The smallest absolute Gasteiger partial charge is 0.349 e. The van der Waals surface area contributed by atoms with Crippen LogP contribution in [-0.4, -0.2) is 75.6 Å². The van der Waals surface area contributed by atoms with Crippen LogP contribution in [0.15, 0.2) is 41.3 Å². The van der Waals surface area contributed by atoms with Crippen molar-refractivity contribution in [2.45, 2.75) is 29.7 Å². The van der Waals surface area contributed by atoms with Crippen molar-refractivity contribution in [3.05, 3.63) is 58.5 Å². The van der Waals surface area contributed by atoms with Gasteiger partial charge in [0.05, 0.1) is 16.6 Å². The highest BCUT2D eigenvalue weighted by molar-refractivity contribution is 7.89. The summed E-state index contributed by atoms with van der Waals surface area (Å²) in [4.78, 5) is 32.9. The van der Waals surface area contributed by atoms with Crippen LogP contribution in [-0.2, 0) is 25.8 Å². The van der Waals surface area contributed by atoms with E-state index in [2.05, 4.69) is 15.1 Å². The van der Waals surface area contributed by atoms with E-state index in [4.69, 9.17) is 18.2 Å². The first-order valence-corrected chi connectivity index (χ1v) is 13.1. The summed E-state index contributed by atoms with van der Waals surface area (Å²) >= 11 is 5.78. The van der Waals surface area contributed by atoms with Crippen LogP contribution in [0.2, 0.25) is 5.15 Å². The third-order valence-electron chi connectivity index (χ3n) is 6.17. The van der Waals surface area contributed by atoms with Gasteiger partial charge in [0.15, 0.2) is 0 Å². The Hall–Kier alpha value is -3.19. The molecule has 2 saturated heterocycles. The number of hydrogen-bond donors (Lipinski definition) is 1. The van der Waals surface area contributed by atoms with Crippen molar-refractivity contribution < 1.29 is 31.2 Å². The average Bonchev–Trinajstić information content (AvgIpc) is 3.26. The van der Waals surface area contributed by atoms with Gasteiger partial charge in [0.25, 0.3) is 7.41 Å². The summed E-state index contributed by atoms with van der Waals surface area (Å²) in [5.74, 6) is -0.293. The van der Waals surface area contributed by atoms with Gasteiger partial charge >= 0.3 is 12.3 Å².